The molecule has 1 aromatic heterocycles. The van der Waals surface area contributed by atoms with Crippen LogP contribution in [-0.2, 0) is 17.8 Å². The number of halogens is 2. The quantitative estimate of drug-likeness (QED) is 0.600. The molecular formula is C26H27F2N5O2. The summed E-state index contributed by atoms with van der Waals surface area (Å²) in [5.74, 6) is -0.0205. The number of amides is 2. The van der Waals surface area contributed by atoms with Crippen LogP contribution in [0.5, 0.6) is 0 Å². The van der Waals surface area contributed by atoms with Crippen molar-refractivity contribution < 1.29 is 18.4 Å². The molecule has 0 bridgehead atoms. The van der Waals surface area contributed by atoms with Gasteiger partial charge in [0.05, 0.1) is 5.56 Å². The minimum atomic E-state index is -0.407. The number of hydrogen-bond donors (Lipinski definition) is 1. The van der Waals surface area contributed by atoms with E-state index >= 15 is 0 Å². The van der Waals surface area contributed by atoms with Gasteiger partial charge in [-0.3, -0.25) is 9.59 Å². The van der Waals surface area contributed by atoms with Crippen LogP contribution in [-0.4, -0.2) is 44.6 Å². The Balaban J connectivity index is 1.24. The maximum atomic E-state index is 14.7. The zero-order chi connectivity index (χ0) is 24.4. The number of aromatic nitrogens is 3. The third kappa shape index (κ3) is 4.94. The van der Waals surface area contributed by atoms with E-state index in [1.54, 1.807) is 17.0 Å². The molecule has 0 unspecified atom stereocenters. The van der Waals surface area contributed by atoms with Gasteiger partial charge in [0.1, 0.15) is 17.5 Å². The summed E-state index contributed by atoms with van der Waals surface area (Å²) in [4.78, 5) is 27.3. The average molecular weight is 480 g/mol. The van der Waals surface area contributed by atoms with Crippen molar-refractivity contribution in [2.24, 2.45) is 5.92 Å². The molecule has 35 heavy (non-hydrogen) atoms. The molecule has 1 fully saturated rings. The normalized spacial score (nSPS) is 16.5. The predicted octanol–water partition coefficient (Wildman–Crippen LogP) is 4.44. The van der Waals surface area contributed by atoms with Crippen LogP contribution in [0.3, 0.4) is 0 Å². The number of likely N-dealkylation sites (tertiary alicyclic amines) is 1. The van der Waals surface area contributed by atoms with Crippen molar-refractivity contribution in [1.82, 2.24) is 19.7 Å². The summed E-state index contributed by atoms with van der Waals surface area (Å²) in [5.41, 5.74) is 1.25. The van der Waals surface area contributed by atoms with Gasteiger partial charge in [0.25, 0.3) is 5.91 Å². The molecular weight excluding hydrogens is 452 g/mol. The Morgan fingerprint density at radius 3 is 2.46 bits per heavy atom. The summed E-state index contributed by atoms with van der Waals surface area (Å²) in [6.45, 7) is 1.63. The number of anilines is 1. The number of nitrogens with one attached hydrogen (secondary N) is 1. The van der Waals surface area contributed by atoms with Crippen molar-refractivity contribution in [3.63, 3.8) is 0 Å². The molecule has 2 aliphatic rings. The number of piperidine rings is 1. The molecule has 3 aromatic rings. The second-order valence-electron chi connectivity index (χ2n) is 9.16. The monoisotopic (exact) mass is 479 g/mol. The highest BCUT2D eigenvalue weighted by atomic mass is 19.1. The minimum Gasteiger partial charge on any atom is -0.339 e. The van der Waals surface area contributed by atoms with E-state index in [9.17, 15) is 18.4 Å². The minimum absolute atomic E-state index is 0.156. The lowest BCUT2D eigenvalue weighted by Gasteiger charge is -2.31. The first-order valence-electron chi connectivity index (χ1n) is 12.1. The van der Waals surface area contributed by atoms with Crippen LogP contribution in [0.15, 0.2) is 42.5 Å². The van der Waals surface area contributed by atoms with Crippen LogP contribution in [0.1, 0.15) is 48.3 Å². The summed E-state index contributed by atoms with van der Waals surface area (Å²) in [6, 6.07) is 9.97. The molecule has 2 aromatic carbocycles. The Hall–Kier alpha value is -3.62. The van der Waals surface area contributed by atoms with E-state index in [0.29, 0.717) is 48.6 Å². The number of carbonyl (C=O) groups excluding carboxylic acids is 2. The van der Waals surface area contributed by atoms with Gasteiger partial charge in [0, 0.05) is 43.2 Å². The summed E-state index contributed by atoms with van der Waals surface area (Å²) < 4.78 is 29.8. The number of carbonyl (C=O) groups is 2. The van der Waals surface area contributed by atoms with E-state index in [2.05, 4.69) is 15.5 Å². The van der Waals surface area contributed by atoms with Crippen LogP contribution in [0.2, 0.25) is 0 Å². The van der Waals surface area contributed by atoms with E-state index in [4.69, 9.17) is 0 Å². The molecule has 5 rings (SSSR count). The Labute approximate surface area is 202 Å². The van der Waals surface area contributed by atoms with Crippen LogP contribution in [0.4, 0.5) is 14.5 Å². The first-order chi connectivity index (χ1) is 17.0. The topological polar surface area (TPSA) is 80.1 Å². The first-order valence-corrected chi connectivity index (χ1v) is 12.1. The maximum Gasteiger partial charge on any atom is 0.253 e. The standard InChI is InChI=1S/C26H27F2N5O2/c27-19-7-5-18(6-8-19)26(35)32-14-11-17(12-15-32)25(34)29-20-9-10-22(28)21(16-20)24-31-30-23-4-2-1-3-13-33(23)24/h5-10,16-17H,1-4,11-15H2,(H,29,34). The largest absolute Gasteiger partial charge is 0.339 e. The van der Waals surface area contributed by atoms with Crippen molar-refractivity contribution in [1.29, 1.82) is 0 Å². The third-order valence-electron chi connectivity index (χ3n) is 6.83. The average Bonchev–Trinajstić information content (AvgIpc) is 3.12. The third-order valence-corrected chi connectivity index (χ3v) is 6.83. The molecule has 0 spiro atoms. The number of rotatable bonds is 4. The van der Waals surface area contributed by atoms with Gasteiger partial charge in [0.15, 0.2) is 5.82 Å². The van der Waals surface area contributed by atoms with Gasteiger partial charge >= 0.3 is 0 Å². The van der Waals surface area contributed by atoms with Gasteiger partial charge in [-0.25, -0.2) is 8.78 Å². The Kier molecular flexibility index (Phi) is 6.57. The van der Waals surface area contributed by atoms with E-state index in [0.717, 1.165) is 38.1 Å². The predicted molar refractivity (Wildman–Crippen MR) is 127 cm³/mol. The van der Waals surface area contributed by atoms with Gasteiger partial charge in [0.2, 0.25) is 5.91 Å². The van der Waals surface area contributed by atoms with E-state index in [1.165, 1.54) is 30.3 Å². The van der Waals surface area contributed by atoms with E-state index in [1.807, 2.05) is 4.57 Å². The maximum absolute atomic E-state index is 14.7. The van der Waals surface area contributed by atoms with Crippen LogP contribution in [0, 0.1) is 17.6 Å². The molecule has 1 N–H and O–H groups in total. The highest BCUT2D eigenvalue weighted by molar-refractivity contribution is 5.95. The van der Waals surface area contributed by atoms with E-state index < -0.39 is 5.82 Å². The number of fused-ring (bicyclic) bond motifs is 1. The molecule has 0 atom stereocenters. The Morgan fingerprint density at radius 1 is 0.914 bits per heavy atom. The summed E-state index contributed by atoms with van der Waals surface area (Å²) in [7, 11) is 0. The second kappa shape index (κ2) is 9.93. The zero-order valence-electron chi connectivity index (χ0n) is 19.3. The summed E-state index contributed by atoms with van der Waals surface area (Å²) >= 11 is 0. The molecule has 9 heteroatoms. The molecule has 0 saturated carbocycles. The summed E-state index contributed by atoms with van der Waals surface area (Å²) in [6.07, 6.45) is 5.02. The lowest BCUT2D eigenvalue weighted by Crippen LogP contribution is -2.41. The summed E-state index contributed by atoms with van der Waals surface area (Å²) in [5, 5.41) is 11.4. The second-order valence-corrected chi connectivity index (χ2v) is 9.16. The van der Waals surface area contributed by atoms with Crippen molar-refractivity contribution in [2.75, 3.05) is 18.4 Å². The molecule has 0 radical (unpaired) electrons. The lowest BCUT2D eigenvalue weighted by atomic mass is 9.95. The molecule has 2 aliphatic heterocycles. The van der Waals surface area contributed by atoms with Crippen molar-refractivity contribution in [2.45, 2.75) is 45.1 Å². The van der Waals surface area contributed by atoms with Crippen LogP contribution >= 0.6 is 0 Å². The van der Waals surface area contributed by atoms with Crippen molar-refractivity contribution >= 4 is 17.5 Å². The fourth-order valence-electron chi connectivity index (χ4n) is 4.82. The van der Waals surface area contributed by atoms with Gasteiger partial charge in [-0.15, -0.1) is 10.2 Å². The van der Waals surface area contributed by atoms with Crippen LogP contribution in [0.25, 0.3) is 11.4 Å². The molecule has 2 amide bonds. The smallest absolute Gasteiger partial charge is 0.253 e. The molecule has 1 saturated heterocycles. The highest BCUT2D eigenvalue weighted by Crippen LogP contribution is 2.28. The van der Waals surface area contributed by atoms with Gasteiger partial charge in [-0.1, -0.05) is 6.42 Å². The molecule has 7 nitrogen and oxygen atoms in total. The fourth-order valence-corrected chi connectivity index (χ4v) is 4.82. The van der Waals surface area contributed by atoms with Gasteiger partial charge in [-0.2, -0.15) is 0 Å². The lowest BCUT2D eigenvalue weighted by molar-refractivity contribution is -0.121. The Bertz CT molecular complexity index is 1230. The Morgan fingerprint density at radius 2 is 1.69 bits per heavy atom. The molecule has 3 heterocycles. The number of hydrogen-bond acceptors (Lipinski definition) is 4. The number of aryl methyl sites for hydroxylation is 1. The van der Waals surface area contributed by atoms with Crippen molar-refractivity contribution in [3.05, 3.63) is 65.5 Å². The molecule has 0 aliphatic carbocycles. The number of nitrogens with zero attached hydrogens (tertiary/aromatic N) is 4. The fraction of sp³-hybridized carbons (Fsp3) is 0.385. The van der Waals surface area contributed by atoms with E-state index in [-0.39, 0.29) is 23.5 Å². The first kappa shape index (κ1) is 23.1. The SMILES string of the molecule is O=C(Nc1ccc(F)c(-c2nnc3n2CCCCC3)c1)C1CCN(C(=O)c2ccc(F)cc2)CC1. The van der Waals surface area contributed by atoms with Gasteiger partial charge in [-0.05, 0) is 68.1 Å². The molecule has 182 valence electrons. The highest BCUT2D eigenvalue weighted by Gasteiger charge is 2.28. The van der Waals surface area contributed by atoms with Gasteiger partial charge < -0.3 is 14.8 Å². The van der Waals surface area contributed by atoms with Crippen molar-refractivity contribution in [3.8, 4) is 11.4 Å². The van der Waals surface area contributed by atoms with Crippen LogP contribution < -0.4 is 5.32 Å². The zero-order valence-corrected chi connectivity index (χ0v) is 19.3. The number of benzene rings is 2.